The highest BCUT2D eigenvalue weighted by atomic mass is 79.9. The number of hydrogen-bond donors (Lipinski definition) is 1. The van der Waals surface area contributed by atoms with E-state index in [0.29, 0.717) is 0 Å². The first-order valence-corrected chi connectivity index (χ1v) is 10.6. The lowest BCUT2D eigenvalue weighted by Crippen LogP contribution is -2.41. The zero-order valence-electron chi connectivity index (χ0n) is 15.1. The van der Waals surface area contributed by atoms with E-state index >= 15 is 0 Å². The Morgan fingerprint density at radius 1 is 1.12 bits per heavy atom. The molecule has 0 aliphatic rings. The molecule has 2 aromatic carbocycles. The minimum atomic E-state index is -3.70. The van der Waals surface area contributed by atoms with E-state index in [2.05, 4.69) is 21.2 Å². The number of carbonyl (C=O) groups is 1. The SMILES string of the molecule is CCN(CC(=O)NC(C)c1ccc(Br)cc1)S(=O)(=O)c1ccc(C)cc1. The summed E-state index contributed by atoms with van der Waals surface area (Å²) in [6, 6.07) is 14.0. The summed E-state index contributed by atoms with van der Waals surface area (Å²) in [6.07, 6.45) is 0. The summed E-state index contributed by atoms with van der Waals surface area (Å²) in [5.74, 6) is -0.335. The van der Waals surface area contributed by atoms with E-state index in [-0.39, 0.29) is 29.9 Å². The Bertz CT molecular complexity index is 849. The van der Waals surface area contributed by atoms with E-state index in [9.17, 15) is 13.2 Å². The molecule has 1 atom stereocenters. The first kappa shape index (κ1) is 20.6. The van der Waals surface area contributed by atoms with Crippen LogP contribution in [0.15, 0.2) is 57.9 Å². The van der Waals surface area contributed by atoms with Gasteiger partial charge in [0.25, 0.3) is 0 Å². The highest BCUT2D eigenvalue weighted by Crippen LogP contribution is 2.18. The van der Waals surface area contributed by atoms with Crippen molar-refractivity contribution in [1.82, 2.24) is 9.62 Å². The van der Waals surface area contributed by atoms with Crippen molar-refractivity contribution in [3.63, 3.8) is 0 Å². The predicted octanol–water partition coefficient (Wildman–Crippen LogP) is 3.65. The number of sulfonamides is 1. The second-order valence-electron chi connectivity index (χ2n) is 6.09. The van der Waals surface area contributed by atoms with Gasteiger partial charge in [-0.05, 0) is 43.7 Å². The standard InChI is InChI=1S/C19H23BrN2O3S/c1-4-22(26(24,25)18-11-5-14(2)6-12-18)13-19(23)21-15(3)16-7-9-17(20)10-8-16/h5-12,15H,4,13H2,1-3H3,(H,21,23). The molecule has 26 heavy (non-hydrogen) atoms. The quantitative estimate of drug-likeness (QED) is 0.717. The fourth-order valence-corrected chi connectivity index (χ4v) is 4.18. The first-order chi connectivity index (χ1) is 12.2. The van der Waals surface area contributed by atoms with Crippen LogP contribution in [-0.2, 0) is 14.8 Å². The lowest BCUT2D eigenvalue weighted by atomic mass is 10.1. The Morgan fingerprint density at radius 3 is 2.23 bits per heavy atom. The summed E-state index contributed by atoms with van der Waals surface area (Å²) >= 11 is 3.38. The zero-order valence-corrected chi connectivity index (χ0v) is 17.5. The molecule has 0 aliphatic carbocycles. The number of likely N-dealkylation sites (N-methyl/N-ethyl adjacent to an activating group) is 1. The summed E-state index contributed by atoms with van der Waals surface area (Å²) in [4.78, 5) is 12.6. The molecule has 1 amide bonds. The maximum absolute atomic E-state index is 12.7. The van der Waals surface area contributed by atoms with Crippen LogP contribution in [0, 0.1) is 6.92 Å². The third-order valence-electron chi connectivity index (χ3n) is 4.08. The summed E-state index contributed by atoms with van der Waals surface area (Å²) in [7, 11) is -3.70. The van der Waals surface area contributed by atoms with Crippen molar-refractivity contribution in [2.45, 2.75) is 31.7 Å². The van der Waals surface area contributed by atoms with Gasteiger partial charge in [-0.1, -0.05) is 52.7 Å². The topological polar surface area (TPSA) is 66.5 Å². The average molecular weight is 439 g/mol. The summed E-state index contributed by atoms with van der Waals surface area (Å²) in [5, 5.41) is 2.85. The minimum absolute atomic E-state index is 0.193. The first-order valence-electron chi connectivity index (χ1n) is 8.35. The fraction of sp³-hybridized carbons (Fsp3) is 0.316. The Hall–Kier alpha value is -1.70. The number of nitrogens with one attached hydrogen (secondary N) is 1. The zero-order chi connectivity index (χ0) is 19.3. The highest BCUT2D eigenvalue weighted by molar-refractivity contribution is 9.10. The summed E-state index contributed by atoms with van der Waals surface area (Å²) in [6.45, 7) is 5.48. The van der Waals surface area contributed by atoms with Crippen LogP contribution in [0.2, 0.25) is 0 Å². The van der Waals surface area contributed by atoms with Gasteiger partial charge in [0.15, 0.2) is 0 Å². The minimum Gasteiger partial charge on any atom is -0.348 e. The van der Waals surface area contributed by atoms with Crippen LogP contribution in [0.5, 0.6) is 0 Å². The number of halogens is 1. The van der Waals surface area contributed by atoms with E-state index in [1.807, 2.05) is 38.1 Å². The lowest BCUT2D eigenvalue weighted by molar-refractivity contribution is -0.121. The van der Waals surface area contributed by atoms with E-state index in [4.69, 9.17) is 0 Å². The van der Waals surface area contributed by atoms with E-state index in [1.54, 1.807) is 31.2 Å². The molecule has 1 unspecified atom stereocenters. The molecule has 0 aromatic heterocycles. The van der Waals surface area contributed by atoms with Gasteiger partial charge >= 0.3 is 0 Å². The maximum Gasteiger partial charge on any atom is 0.243 e. The van der Waals surface area contributed by atoms with Crippen LogP contribution in [0.1, 0.15) is 31.0 Å². The van der Waals surface area contributed by atoms with E-state index in [0.717, 1.165) is 15.6 Å². The van der Waals surface area contributed by atoms with Gasteiger partial charge in [-0.2, -0.15) is 4.31 Å². The Labute approximate surface area is 163 Å². The van der Waals surface area contributed by atoms with Gasteiger partial charge < -0.3 is 5.32 Å². The molecule has 0 spiro atoms. The monoisotopic (exact) mass is 438 g/mol. The van der Waals surface area contributed by atoms with Crippen LogP contribution in [0.25, 0.3) is 0 Å². The Morgan fingerprint density at radius 2 is 1.69 bits per heavy atom. The van der Waals surface area contributed by atoms with Crippen LogP contribution in [0.3, 0.4) is 0 Å². The molecule has 0 fully saturated rings. The van der Waals surface area contributed by atoms with Gasteiger partial charge in [0, 0.05) is 11.0 Å². The number of amides is 1. The Kier molecular flexibility index (Phi) is 6.97. The molecule has 0 heterocycles. The van der Waals surface area contributed by atoms with Crippen molar-refractivity contribution < 1.29 is 13.2 Å². The normalized spacial score (nSPS) is 12.8. The smallest absolute Gasteiger partial charge is 0.243 e. The molecular formula is C19H23BrN2O3S. The number of aryl methyl sites for hydroxylation is 1. The Balaban J connectivity index is 2.07. The second-order valence-corrected chi connectivity index (χ2v) is 8.94. The van der Waals surface area contributed by atoms with Gasteiger partial charge in [-0.3, -0.25) is 4.79 Å². The molecule has 7 heteroatoms. The maximum atomic E-state index is 12.7. The molecule has 0 aliphatic heterocycles. The molecule has 140 valence electrons. The fourth-order valence-electron chi connectivity index (χ4n) is 2.51. The molecule has 0 radical (unpaired) electrons. The van der Waals surface area contributed by atoms with E-state index < -0.39 is 10.0 Å². The van der Waals surface area contributed by atoms with Crippen molar-refractivity contribution in [1.29, 1.82) is 0 Å². The molecule has 1 N–H and O–H groups in total. The third kappa shape index (κ3) is 5.16. The van der Waals surface area contributed by atoms with Crippen molar-refractivity contribution >= 4 is 31.9 Å². The van der Waals surface area contributed by atoms with Crippen molar-refractivity contribution in [3.8, 4) is 0 Å². The largest absolute Gasteiger partial charge is 0.348 e. The molecule has 0 bridgehead atoms. The number of carbonyl (C=O) groups excluding carboxylic acids is 1. The van der Waals surface area contributed by atoms with Crippen LogP contribution >= 0.6 is 15.9 Å². The summed E-state index contributed by atoms with van der Waals surface area (Å²) in [5.41, 5.74) is 1.93. The average Bonchev–Trinajstić information content (AvgIpc) is 2.60. The van der Waals surface area contributed by atoms with E-state index in [1.165, 1.54) is 4.31 Å². The molecule has 5 nitrogen and oxygen atoms in total. The molecule has 2 rings (SSSR count). The van der Waals surface area contributed by atoms with Crippen LogP contribution in [0.4, 0.5) is 0 Å². The molecule has 2 aromatic rings. The van der Waals surface area contributed by atoms with Crippen molar-refractivity contribution in [2.24, 2.45) is 0 Å². The predicted molar refractivity (Wildman–Crippen MR) is 106 cm³/mol. The second kappa shape index (κ2) is 8.79. The number of benzene rings is 2. The van der Waals surface area contributed by atoms with Gasteiger partial charge in [0.1, 0.15) is 0 Å². The van der Waals surface area contributed by atoms with Gasteiger partial charge in [0.2, 0.25) is 15.9 Å². The van der Waals surface area contributed by atoms with Crippen LogP contribution < -0.4 is 5.32 Å². The molecule has 0 saturated carbocycles. The number of rotatable bonds is 7. The van der Waals surface area contributed by atoms with Crippen LogP contribution in [-0.4, -0.2) is 31.7 Å². The van der Waals surface area contributed by atoms with Gasteiger partial charge in [-0.25, -0.2) is 8.42 Å². The third-order valence-corrected chi connectivity index (χ3v) is 6.54. The number of hydrogen-bond acceptors (Lipinski definition) is 3. The van der Waals surface area contributed by atoms with Crippen molar-refractivity contribution in [3.05, 3.63) is 64.1 Å². The molecule has 0 saturated heterocycles. The highest BCUT2D eigenvalue weighted by Gasteiger charge is 2.25. The summed E-state index contributed by atoms with van der Waals surface area (Å²) < 4.78 is 27.6. The van der Waals surface area contributed by atoms with Gasteiger partial charge in [-0.15, -0.1) is 0 Å². The molecular weight excluding hydrogens is 416 g/mol. The van der Waals surface area contributed by atoms with Crippen molar-refractivity contribution in [2.75, 3.05) is 13.1 Å². The lowest BCUT2D eigenvalue weighted by Gasteiger charge is -2.22. The number of nitrogens with zero attached hydrogens (tertiary/aromatic N) is 1. The van der Waals surface area contributed by atoms with Gasteiger partial charge in [0.05, 0.1) is 17.5 Å².